The van der Waals surface area contributed by atoms with Crippen molar-refractivity contribution in [2.45, 2.75) is 6.42 Å². The third kappa shape index (κ3) is 1.96. The zero-order valence-corrected chi connectivity index (χ0v) is 8.33. The number of nitriles is 1. The number of nitrogens with zero attached hydrogens (tertiary/aromatic N) is 2. The molecule has 5 heteroatoms. The molecule has 0 radical (unpaired) electrons. The van der Waals surface area contributed by atoms with Crippen molar-refractivity contribution in [2.75, 3.05) is 27.2 Å². The predicted octanol–water partition coefficient (Wildman–Crippen LogP) is -0.180. The lowest BCUT2D eigenvalue weighted by molar-refractivity contribution is -0.135. The zero-order valence-electron chi connectivity index (χ0n) is 8.33. The standard InChI is InChI=1S/C9H13N3O2/c1-12-5-3-4-11-8(12)7(6-10)9(13)14-2/h11H,3-5H2,1-2H3/b8-7+. The first-order valence-electron chi connectivity index (χ1n) is 4.38. The van der Waals surface area contributed by atoms with Crippen LogP contribution in [0.25, 0.3) is 0 Å². The maximum atomic E-state index is 11.2. The summed E-state index contributed by atoms with van der Waals surface area (Å²) < 4.78 is 4.52. The van der Waals surface area contributed by atoms with E-state index in [0.717, 1.165) is 19.5 Å². The average Bonchev–Trinajstić information content (AvgIpc) is 2.21. The number of esters is 1. The molecule has 0 aromatic rings. The van der Waals surface area contributed by atoms with E-state index >= 15 is 0 Å². The SMILES string of the molecule is COC(=O)/C(C#N)=C1\NCCCN1C. The maximum absolute atomic E-state index is 11.2. The van der Waals surface area contributed by atoms with Crippen LogP contribution in [0.15, 0.2) is 11.4 Å². The van der Waals surface area contributed by atoms with Crippen molar-refractivity contribution < 1.29 is 9.53 Å². The largest absolute Gasteiger partial charge is 0.465 e. The first kappa shape index (κ1) is 10.4. The molecule has 0 unspecified atom stereocenters. The lowest BCUT2D eigenvalue weighted by Crippen LogP contribution is -2.38. The van der Waals surface area contributed by atoms with Crippen molar-refractivity contribution in [3.05, 3.63) is 11.4 Å². The second-order valence-corrected chi connectivity index (χ2v) is 3.03. The highest BCUT2D eigenvalue weighted by Crippen LogP contribution is 2.11. The molecule has 1 aliphatic heterocycles. The first-order valence-corrected chi connectivity index (χ1v) is 4.38. The minimum Gasteiger partial charge on any atom is -0.465 e. The average molecular weight is 195 g/mol. The fourth-order valence-electron chi connectivity index (χ4n) is 1.35. The van der Waals surface area contributed by atoms with Gasteiger partial charge in [0.05, 0.1) is 7.11 Å². The Morgan fingerprint density at radius 2 is 2.43 bits per heavy atom. The normalized spacial score (nSPS) is 19.4. The molecule has 14 heavy (non-hydrogen) atoms. The molecule has 1 heterocycles. The van der Waals surface area contributed by atoms with Crippen molar-refractivity contribution >= 4 is 5.97 Å². The van der Waals surface area contributed by atoms with Crippen LogP contribution >= 0.6 is 0 Å². The molecule has 0 spiro atoms. The van der Waals surface area contributed by atoms with Crippen molar-refractivity contribution in [3.8, 4) is 6.07 Å². The van der Waals surface area contributed by atoms with Gasteiger partial charge in [-0.25, -0.2) is 4.79 Å². The number of hydrogen-bond acceptors (Lipinski definition) is 5. The Morgan fingerprint density at radius 1 is 1.71 bits per heavy atom. The number of ether oxygens (including phenoxy) is 1. The smallest absolute Gasteiger partial charge is 0.352 e. The quantitative estimate of drug-likeness (QED) is 0.357. The first-order chi connectivity index (χ1) is 6.70. The van der Waals surface area contributed by atoms with E-state index in [2.05, 4.69) is 10.1 Å². The Hall–Kier alpha value is -1.70. The molecular weight excluding hydrogens is 182 g/mol. The monoisotopic (exact) mass is 195 g/mol. The molecule has 1 N–H and O–H groups in total. The molecule has 0 amide bonds. The summed E-state index contributed by atoms with van der Waals surface area (Å²) in [7, 11) is 3.10. The second-order valence-electron chi connectivity index (χ2n) is 3.03. The van der Waals surface area contributed by atoms with Gasteiger partial charge in [0.25, 0.3) is 0 Å². The summed E-state index contributed by atoms with van der Waals surface area (Å²) in [4.78, 5) is 13.1. The van der Waals surface area contributed by atoms with Gasteiger partial charge >= 0.3 is 5.97 Å². The molecule has 1 fully saturated rings. The molecule has 1 rings (SSSR count). The number of nitrogens with one attached hydrogen (secondary N) is 1. The maximum Gasteiger partial charge on any atom is 0.352 e. The highest BCUT2D eigenvalue weighted by Gasteiger charge is 2.21. The molecule has 0 aromatic carbocycles. The molecule has 1 saturated heterocycles. The van der Waals surface area contributed by atoms with Crippen molar-refractivity contribution in [1.29, 1.82) is 5.26 Å². The van der Waals surface area contributed by atoms with Crippen LogP contribution in [0.1, 0.15) is 6.42 Å². The Bertz CT molecular complexity index is 304. The van der Waals surface area contributed by atoms with Crippen LogP contribution in [-0.4, -0.2) is 38.1 Å². The number of carbonyl (C=O) groups is 1. The van der Waals surface area contributed by atoms with E-state index in [1.54, 1.807) is 0 Å². The van der Waals surface area contributed by atoms with Gasteiger partial charge in [-0.05, 0) is 6.42 Å². The van der Waals surface area contributed by atoms with Crippen LogP contribution in [0.4, 0.5) is 0 Å². The van der Waals surface area contributed by atoms with Gasteiger partial charge in [0.15, 0.2) is 5.57 Å². The Balaban J connectivity index is 2.97. The molecule has 0 aromatic heterocycles. The summed E-state index contributed by atoms with van der Waals surface area (Å²) in [6.45, 7) is 1.62. The molecule has 5 nitrogen and oxygen atoms in total. The van der Waals surface area contributed by atoms with Gasteiger partial charge in [-0.2, -0.15) is 5.26 Å². The zero-order chi connectivity index (χ0) is 10.6. The molecule has 0 aliphatic carbocycles. The van der Waals surface area contributed by atoms with Crippen LogP contribution in [0, 0.1) is 11.3 Å². The van der Waals surface area contributed by atoms with Crippen LogP contribution in [-0.2, 0) is 9.53 Å². The lowest BCUT2D eigenvalue weighted by Gasteiger charge is -2.29. The van der Waals surface area contributed by atoms with Gasteiger partial charge in [0.2, 0.25) is 0 Å². The highest BCUT2D eigenvalue weighted by atomic mass is 16.5. The molecule has 0 atom stereocenters. The third-order valence-corrected chi connectivity index (χ3v) is 2.08. The van der Waals surface area contributed by atoms with E-state index in [4.69, 9.17) is 5.26 Å². The number of methoxy groups -OCH3 is 1. The molecule has 0 bridgehead atoms. The second kappa shape index (κ2) is 4.51. The van der Waals surface area contributed by atoms with E-state index in [0.29, 0.717) is 5.82 Å². The van der Waals surface area contributed by atoms with E-state index in [-0.39, 0.29) is 5.57 Å². The lowest BCUT2D eigenvalue weighted by atomic mass is 10.2. The fraction of sp³-hybridized carbons (Fsp3) is 0.556. The van der Waals surface area contributed by atoms with Crippen molar-refractivity contribution in [2.24, 2.45) is 0 Å². The third-order valence-electron chi connectivity index (χ3n) is 2.08. The van der Waals surface area contributed by atoms with Gasteiger partial charge < -0.3 is 15.0 Å². The van der Waals surface area contributed by atoms with Gasteiger partial charge in [0, 0.05) is 20.1 Å². The Kier molecular flexibility index (Phi) is 3.35. The summed E-state index contributed by atoms with van der Waals surface area (Å²) in [5.74, 6) is -0.0330. The van der Waals surface area contributed by atoms with Gasteiger partial charge in [-0.1, -0.05) is 0 Å². The molecule has 0 saturated carbocycles. The summed E-state index contributed by atoms with van der Waals surface area (Å²) in [5.41, 5.74) is 0.0368. The summed E-state index contributed by atoms with van der Waals surface area (Å²) >= 11 is 0. The number of carbonyl (C=O) groups excluding carboxylic acids is 1. The Labute approximate surface area is 82.9 Å². The molecule has 1 aliphatic rings. The van der Waals surface area contributed by atoms with E-state index in [9.17, 15) is 4.79 Å². The minimum atomic E-state index is -0.594. The number of hydrogen-bond donors (Lipinski definition) is 1. The van der Waals surface area contributed by atoms with Gasteiger partial charge in [0.1, 0.15) is 11.9 Å². The van der Waals surface area contributed by atoms with Crippen LogP contribution in [0.3, 0.4) is 0 Å². The highest BCUT2D eigenvalue weighted by molar-refractivity contribution is 5.93. The van der Waals surface area contributed by atoms with Crippen LogP contribution in [0.2, 0.25) is 0 Å². The predicted molar refractivity (Wildman–Crippen MR) is 49.9 cm³/mol. The van der Waals surface area contributed by atoms with E-state index < -0.39 is 5.97 Å². The fourth-order valence-corrected chi connectivity index (χ4v) is 1.35. The minimum absolute atomic E-state index is 0.0368. The van der Waals surface area contributed by atoms with Gasteiger partial charge in [-0.15, -0.1) is 0 Å². The van der Waals surface area contributed by atoms with E-state index in [1.165, 1.54) is 7.11 Å². The van der Waals surface area contributed by atoms with Crippen molar-refractivity contribution in [1.82, 2.24) is 10.2 Å². The molecule has 76 valence electrons. The van der Waals surface area contributed by atoms with Crippen molar-refractivity contribution in [3.63, 3.8) is 0 Å². The van der Waals surface area contributed by atoms with E-state index in [1.807, 2.05) is 18.0 Å². The van der Waals surface area contributed by atoms with Crippen LogP contribution < -0.4 is 5.32 Å². The molecular formula is C9H13N3O2. The van der Waals surface area contributed by atoms with Crippen LogP contribution in [0.5, 0.6) is 0 Å². The van der Waals surface area contributed by atoms with Gasteiger partial charge in [-0.3, -0.25) is 0 Å². The Morgan fingerprint density at radius 3 is 2.93 bits per heavy atom. The summed E-state index contributed by atoms with van der Waals surface area (Å²) in [6, 6.07) is 1.85. The number of rotatable bonds is 1. The summed E-state index contributed by atoms with van der Waals surface area (Å²) in [5, 5.41) is 11.8. The summed E-state index contributed by atoms with van der Waals surface area (Å²) in [6.07, 6.45) is 1.000. The topological polar surface area (TPSA) is 65.4 Å².